The molecule has 1 aliphatic rings. The molecular weight excluding hydrogens is 296 g/mol. The summed E-state index contributed by atoms with van der Waals surface area (Å²) in [6.45, 7) is 4.17. The molecule has 23 heavy (non-hydrogen) atoms. The molecular formula is C17H17BFNO3. The third kappa shape index (κ3) is 3.13. The molecule has 2 N–H and O–H groups in total. The molecule has 0 bridgehead atoms. The van der Waals surface area contributed by atoms with E-state index in [0.717, 1.165) is 5.56 Å². The first-order chi connectivity index (χ1) is 11.0. The Labute approximate surface area is 134 Å². The Hall–Kier alpha value is -2.18. The van der Waals surface area contributed by atoms with E-state index in [2.05, 4.69) is 5.32 Å². The van der Waals surface area contributed by atoms with Gasteiger partial charge in [-0.25, -0.2) is 4.39 Å². The van der Waals surface area contributed by atoms with Crippen LogP contribution in [0.3, 0.4) is 0 Å². The highest BCUT2D eigenvalue weighted by Gasteiger charge is 2.29. The molecule has 6 heteroatoms. The first kappa shape index (κ1) is 15.7. The molecule has 2 aromatic carbocycles. The smallest absolute Gasteiger partial charge is 0.423 e. The second-order valence-corrected chi connectivity index (χ2v) is 5.84. The highest BCUT2D eigenvalue weighted by atomic mass is 19.1. The van der Waals surface area contributed by atoms with E-state index >= 15 is 0 Å². The van der Waals surface area contributed by atoms with Crippen LogP contribution in [0.5, 0.6) is 0 Å². The lowest BCUT2D eigenvalue weighted by atomic mass is 9.71. The number of benzene rings is 2. The minimum Gasteiger partial charge on any atom is -0.423 e. The lowest BCUT2D eigenvalue weighted by Crippen LogP contribution is -2.42. The average Bonchev–Trinajstić information content (AvgIpc) is 2.51. The van der Waals surface area contributed by atoms with Crippen molar-refractivity contribution in [1.82, 2.24) is 0 Å². The van der Waals surface area contributed by atoms with Crippen LogP contribution in [0.15, 0.2) is 36.4 Å². The molecule has 0 saturated heterocycles. The Bertz CT molecular complexity index is 765. The summed E-state index contributed by atoms with van der Waals surface area (Å²) >= 11 is 0. The molecule has 118 valence electrons. The fraction of sp³-hybridized carbons (Fsp3) is 0.235. The standard InChI is InChI=1S/C17H17BFNO3/c1-10-7-12(19)3-5-15(10)17(21)20-13-4-6-14-11(2)9-23-18(22)16(14)8-13/h3-8,11,22H,9H2,1-2H3,(H,20,21). The van der Waals surface area contributed by atoms with Crippen LogP contribution in [0.25, 0.3) is 0 Å². The van der Waals surface area contributed by atoms with Gasteiger partial charge in [0.1, 0.15) is 5.82 Å². The third-order valence-electron chi connectivity index (χ3n) is 4.08. The summed E-state index contributed by atoms with van der Waals surface area (Å²) < 4.78 is 18.4. The van der Waals surface area contributed by atoms with Crippen molar-refractivity contribution in [3.8, 4) is 0 Å². The quantitative estimate of drug-likeness (QED) is 0.836. The molecule has 1 atom stereocenters. The topological polar surface area (TPSA) is 58.6 Å². The Balaban J connectivity index is 1.86. The number of fused-ring (bicyclic) bond motifs is 1. The zero-order chi connectivity index (χ0) is 16.6. The number of hydrogen-bond donors (Lipinski definition) is 2. The molecule has 0 saturated carbocycles. The fourth-order valence-electron chi connectivity index (χ4n) is 2.81. The van der Waals surface area contributed by atoms with Gasteiger partial charge in [0.15, 0.2) is 0 Å². The van der Waals surface area contributed by atoms with E-state index in [1.807, 2.05) is 13.0 Å². The molecule has 4 nitrogen and oxygen atoms in total. The van der Waals surface area contributed by atoms with Crippen molar-refractivity contribution in [2.24, 2.45) is 0 Å². The Morgan fingerprint density at radius 1 is 1.35 bits per heavy atom. The molecule has 0 aromatic heterocycles. The predicted molar refractivity (Wildman–Crippen MR) is 87.5 cm³/mol. The van der Waals surface area contributed by atoms with Gasteiger partial charge in [-0.05, 0) is 53.8 Å². The van der Waals surface area contributed by atoms with E-state index < -0.39 is 7.12 Å². The lowest BCUT2D eigenvalue weighted by molar-refractivity contribution is 0.102. The SMILES string of the molecule is Cc1cc(F)ccc1C(=O)Nc1ccc2c(c1)B(O)OCC2C. The minimum absolute atomic E-state index is 0.192. The Kier molecular flexibility index (Phi) is 4.19. The van der Waals surface area contributed by atoms with Gasteiger partial charge in [0.2, 0.25) is 0 Å². The summed E-state index contributed by atoms with van der Waals surface area (Å²) in [6.07, 6.45) is 0. The molecule has 3 rings (SSSR count). The normalized spacial score (nSPS) is 16.9. The number of amides is 1. The van der Waals surface area contributed by atoms with Crippen LogP contribution in [0.2, 0.25) is 0 Å². The van der Waals surface area contributed by atoms with Crippen molar-refractivity contribution in [3.05, 3.63) is 58.9 Å². The zero-order valence-corrected chi connectivity index (χ0v) is 13.0. The van der Waals surface area contributed by atoms with Crippen molar-refractivity contribution >= 4 is 24.2 Å². The minimum atomic E-state index is -0.981. The summed E-state index contributed by atoms with van der Waals surface area (Å²) in [5.74, 6) is -0.499. The number of halogens is 1. The fourth-order valence-corrected chi connectivity index (χ4v) is 2.81. The third-order valence-corrected chi connectivity index (χ3v) is 4.08. The Morgan fingerprint density at radius 3 is 2.87 bits per heavy atom. The van der Waals surface area contributed by atoms with Gasteiger partial charge >= 0.3 is 7.12 Å². The summed E-state index contributed by atoms with van der Waals surface area (Å²) in [5.41, 5.74) is 3.22. The second-order valence-electron chi connectivity index (χ2n) is 5.84. The number of anilines is 1. The van der Waals surface area contributed by atoms with Crippen LogP contribution in [0.4, 0.5) is 10.1 Å². The van der Waals surface area contributed by atoms with Gasteiger partial charge in [0.05, 0.1) is 0 Å². The van der Waals surface area contributed by atoms with Crippen LogP contribution in [-0.2, 0) is 4.65 Å². The van der Waals surface area contributed by atoms with Crippen molar-refractivity contribution in [1.29, 1.82) is 0 Å². The van der Waals surface area contributed by atoms with Gasteiger partial charge in [-0.2, -0.15) is 0 Å². The van der Waals surface area contributed by atoms with Crippen LogP contribution < -0.4 is 10.8 Å². The maximum Gasteiger partial charge on any atom is 0.491 e. The first-order valence-corrected chi connectivity index (χ1v) is 7.46. The monoisotopic (exact) mass is 313 g/mol. The molecule has 1 aliphatic heterocycles. The van der Waals surface area contributed by atoms with Gasteiger partial charge in [0, 0.05) is 23.8 Å². The zero-order valence-electron chi connectivity index (χ0n) is 13.0. The number of rotatable bonds is 2. The van der Waals surface area contributed by atoms with E-state index in [-0.39, 0.29) is 17.6 Å². The molecule has 0 fully saturated rings. The van der Waals surface area contributed by atoms with Crippen molar-refractivity contribution < 1.29 is 18.9 Å². The number of hydrogen-bond acceptors (Lipinski definition) is 3. The number of nitrogens with one attached hydrogen (secondary N) is 1. The van der Waals surface area contributed by atoms with E-state index in [4.69, 9.17) is 4.65 Å². The number of carbonyl (C=O) groups excluding carboxylic acids is 1. The van der Waals surface area contributed by atoms with E-state index in [1.54, 1.807) is 19.1 Å². The van der Waals surface area contributed by atoms with Crippen LogP contribution in [0.1, 0.15) is 34.3 Å². The summed E-state index contributed by atoms with van der Waals surface area (Å²) in [5, 5.41) is 12.7. The number of aryl methyl sites for hydroxylation is 1. The highest BCUT2D eigenvalue weighted by molar-refractivity contribution is 6.61. The molecule has 0 spiro atoms. The van der Waals surface area contributed by atoms with E-state index in [1.165, 1.54) is 18.2 Å². The summed E-state index contributed by atoms with van der Waals surface area (Å²) in [7, 11) is -0.981. The van der Waals surface area contributed by atoms with Crippen molar-refractivity contribution in [2.45, 2.75) is 19.8 Å². The van der Waals surface area contributed by atoms with Crippen molar-refractivity contribution in [3.63, 3.8) is 0 Å². The largest absolute Gasteiger partial charge is 0.491 e. The van der Waals surface area contributed by atoms with Crippen molar-refractivity contribution in [2.75, 3.05) is 11.9 Å². The maximum atomic E-state index is 13.1. The van der Waals surface area contributed by atoms with E-state index in [9.17, 15) is 14.2 Å². The van der Waals surface area contributed by atoms with E-state index in [0.29, 0.717) is 28.9 Å². The van der Waals surface area contributed by atoms with Gasteiger partial charge in [-0.3, -0.25) is 4.79 Å². The van der Waals surface area contributed by atoms with Gasteiger partial charge < -0.3 is 15.0 Å². The van der Waals surface area contributed by atoms with Gasteiger partial charge in [-0.1, -0.05) is 13.0 Å². The average molecular weight is 313 g/mol. The molecule has 1 unspecified atom stereocenters. The first-order valence-electron chi connectivity index (χ1n) is 7.46. The predicted octanol–water partition coefficient (Wildman–Crippen LogP) is 2.21. The Morgan fingerprint density at radius 2 is 2.13 bits per heavy atom. The number of carbonyl (C=O) groups is 1. The highest BCUT2D eigenvalue weighted by Crippen LogP contribution is 2.22. The van der Waals surface area contributed by atoms with Gasteiger partial charge in [0.25, 0.3) is 5.91 Å². The van der Waals surface area contributed by atoms with Gasteiger partial charge in [-0.15, -0.1) is 0 Å². The summed E-state index contributed by atoms with van der Waals surface area (Å²) in [4.78, 5) is 12.3. The summed E-state index contributed by atoms with van der Waals surface area (Å²) in [6, 6.07) is 9.43. The second kappa shape index (κ2) is 6.14. The maximum absolute atomic E-state index is 13.1. The molecule has 1 heterocycles. The molecule has 2 aromatic rings. The molecule has 0 aliphatic carbocycles. The van der Waals surface area contributed by atoms with Crippen LogP contribution in [-0.4, -0.2) is 24.7 Å². The van der Waals surface area contributed by atoms with Crippen LogP contribution in [0, 0.1) is 12.7 Å². The lowest BCUT2D eigenvalue weighted by Gasteiger charge is -2.25. The molecule has 1 amide bonds. The molecule has 0 radical (unpaired) electrons. The van der Waals surface area contributed by atoms with Crippen LogP contribution >= 0.6 is 0 Å².